The molecule has 0 radical (unpaired) electrons. The predicted molar refractivity (Wildman–Crippen MR) is 72.1 cm³/mol. The van der Waals surface area contributed by atoms with Crippen LogP contribution < -0.4 is 11.1 Å². The van der Waals surface area contributed by atoms with Gasteiger partial charge in [0.15, 0.2) is 0 Å². The maximum atomic E-state index is 5.47. The zero-order chi connectivity index (χ0) is 12.3. The van der Waals surface area contributed by atoms with Crippen molar-refractivity contribution in [1.29, 1.82) is 0 Å². The fourth-order valence-corrected chi connectivity index (χ4v) is 2.00. The molecule has 1 saturated heterocycles. The Morgan fingerprint density at radius 1 is 1.41 bits per heavy atom. The van der Waals surface area contributed by atoms with Gasteiger partial charge in [0.2, 0.25) is 0 Å². The number of aromatic nitrogens is 2. The van der Waals surface area contributed by atoms with Crippen LogP contribution in [-0.4, -0.2) is 46.0 Å². The minimum atomic E-state index is 0.281. The summed E-state index contributed by atoms with van der Waals surface area (Å²) in [6.07, 6.45) is 5.57. The Morgan fingerprint density at radius 2 is 2.12 bits per heavy atom. The third kappa shape index (κ3) is 3.34. The third-order valence-corrected chi connectivity index (χ3v) is 3.18. The summed E-state index contributed by atoms with van der Waals surface area (Å²) in [7, 11) is 2.15. The number of nitrogens with zero attached hydrogens (tertiary/aromatic N) is 3. The molecular weight excluding hydrogens is 234 g/mol. The van der Waals surface area contributed by atoms with Crippen molar-refractivity contribution < 1.29 is 0 Å². The van der Waals surface area contributed by atoms with Gasteiger partial charge in [-0.1, -0.05) is 12.2 Å². The molecule has 0 aliphatic carbocycles. The molecule has 1 aromatic rings. The van der Waals surface area contributed by atoms with Gasteiger partial charge in [0.25, 0.3) is 0 Å². The Hall–Kier alpha value is -1.27. The average Bonchev–Trinajstić information content (AvgIpc) is 2.33. The second-order valence-corrected chi connectivity index (χ2v) is 4.81. The van der Waals surface area contributed by atoms with E-state index >= 15 is 0 Å². The molecule has 3 N–H and O–H groups in total. The minimum absolute atomic E-state index is 0.281. The number of nitrogens with two attached hydrogens (primary N) is 1. The molecule has 0 atom stereocenters. The van der Waals surface area contributed by atoms with E-state index in [-0.39, 0.29) is 4.99 Å². The van der Waals surface area contributed by atoms with Gasteiger partial charge in [0.1, 0.15) is 16.5 Å². The number of hydrogen-bond donors (Lipinski definition) is 2. The van der Waals surface area contributed by atoms with E-state index in [1.54, 1.807) is 12.4 Å². The van der Waals surface area contributed by atoms with Crippen molar-refractivity contribution in [2.75, 3.05) is 25.5 Å². The zero-order valence-electron chi connectivity index (χ0n) is 9.89. The first-order chi connectivity index (χ1) is 8.15. The Balaban J connectivity index is 1.92. The molecule has 1 fully saturated rings. The summed E-state index contributed by atoms with van der Waals surface area (Å²) in [5.74, 6) is 0.791. The Labute approximate surface area is 106 Å². The molecule has 5 nitrogen and oxygen atoms in total. The number of nitrogens with one attached hydrogen (secondary N) is 1. The van der Waals surface area contributed by atoms with Crippen LogP contribution in [0.25, 0.3) is 0 Å². The van der Waals surface area contributed by atoms with Crippen molar-refractivity contribution in [3.8, 4) is 0 Å². The molecule has 0 aromatic carbocycles. The van der Waals surface area contributed by atoms with Crippen LogP contribution in [0.2, 0.25) is 0 Å². The number of piperidine rings is 1. The van der Waals surface area contributed by atoms with E-state index in [9.17, 15) is 0 Å². The second kappa shape index (κ2) is 5.37. The van der Waals surface area contributed by atoms with Crippen LogP contribution in [0.5, 0.6) is 0 Å². The highest BCUT2D eigenvalue weighted by Crippen LogP contribution is 2.13. The number of likely N-dealkylation sites (tertiary alicyclic amines) is 1. The predicted octanol–water partition coefficient (Wildman–Crippen LogP) is 0.617. The minimum Gasteiger partial charge on any atom is -0.388 e. The maximum Gasteiger partial charge on any atom is 0.144 e. The van der Waals surface area contributed by atoms with Crippen molar-refractivity contribution in [2.45, 2.75) is 18.9 Å². The molecule has 0 bridgehead atoms. The lowest BCUT2D eigenvalue weighted by molar-refractivity contribution is 0.263. The molecule has 0 spiro atoms. The Morgan fingerprint density at radius 3 is 2.65 bits per heavy atom. The highest BCUT2D eigenvalue weighted by molar-refractivity contribution is 7.80. The quantitative estimate of drug-likeness (QED) is 0.768. The van der Waals surface area contributed by atoms with Gasteiger partial charge in [-0.3, -0.25) is 0 Å². The van der Waals surface area contributed by atoms with Gasteiger partial charge in [0.05, 0.1) is 12.4 Å². The van der Waals surface area contributed by atoms with Crippen molar-refractivity contribution in [2.24, 2.45) is 5.73 Å². The summed E-state index contributed by atoms with van der Waals surface area (Å²) in [5.41, 5.74) is 6.03. The van der Waals surface area contributed by atoms with Crippen LogP contribution in [0.3, 0.4) is 0 Å². The van der Waals surface area contributed by atoms with E-state index in [1.807, 2.05) is 0 Å². The summed E-state index contributed by atoms with van der Waals surface area (Å²) in [6.45, 7) is 2.24. The van der Waals surface area contributed by atoms with Gasteiger partial charge in [-0.05, 0) is 33.0 Å². The molecule has 92 valence electrons. The number of rotatable bonds is 3. The fourth-order valence-electron chi connectivity index (χ4n) is 1.89. The second-order valence-electron chi connectivity index (χ2n) is 4.37. The molecule has 1 aliphatic rings. The largest absolute Gasteiger partial charge is 0.388 e. The van der Waals surface area contributed by atoms with E-state index in [2.05, 4.69) is 27.2 Å². The smallest absolute Gasteiger partial charge is 0.144 e. The van der Waals surface area contributed by atoms with Crippen LogP contribution in [0.1, 0.15) is 18.5 Å². The molecule has 0 saturated carbocycles. The Kier molecular flexibility index (Phi) is 3.86. The van der Waals surface area contributed by atoms with Crippen molar-refractivity contribution in [3.63, 3.8) is 0 Å². The van der Waals surface area contributed by atoms with Crippen LogP contribution in [0.15, 0.2) is 12.4 Å². The maximum absolute atomic E-state index is 5.47. The zero-order valence-corrected chi connectivity index (χ0v) is 10.7. The SMILES string of the molecule is CN1CCC(Nc2cnc(C(N)=S)cn2)CC1. The molecule has 2 rings (SSSR count). The lowest BCUT2D eigenvalue weighted by Crippen LogP contribution is -2.36. The molecular formula is C11H17N5S. The first-order valence-electron chi connectivity index (χ1n) is 5.72. The first kappa shape index (κ1) is 12.2. The molecule has 1 aromatic heterocycles. The van der Waals surface area contributed by atoms with E-state index in [1.165, 1.54) is 0 Å². The summed E-state index contributed by atoms with van der Waals surface area (Å²) >= 11 is 4.83. The van der Waals surface area contributed by atoms with E-state index in [0.717, 1.165) is 31.7 Å². The van der Waals surface area contributed by atoms with Gasteiger partial charge >= 0.3 is 0 Å². The van der Waals surface area contributed by atoms with Gasteiger partial charge in [-0.2, -0.15) is 0 Å². The van der Waals surface area contributed by atoms with Crippen LogP contribution in [0.4, 0.5) is 5.82 Å². The fraction of sp³-hybridized carbons (Fsp3) is 0.545. The van der Waals surface area contributed by atoms with Crippen molar-refractivity contribution >= 4 is 23.0 Å². The topological polar surface area (TPSA) is 67.1 Å². The van der Waals surface area contributed by atoms with Gasteiger partial charge in [-0.25, -0.2) is 9.97 Å². The molecule has 0 unspecified atom stereocenters. The lowest BCUT2D eigenvalue weighted by atomic mass is 10.1. The van der Waals surface area contributed by atoms with Gasteiger partial charge in [-0.15, -0.1) is 0 Å². The standard InChI is InChI=1S/C11H17N5S/c1-16-4-2-8(3-5-16)15-10-7-13-9(6-14-10)11(12)17/h6-8H,2-5H2,1H3,(H2,12,17)(H,14,15). The third-order valence-electron chi connectivity index (χ3n) is 2.97. The summed E-state index contributed by atoms with van der Waals surface area (Å²) in [4.78, 5) is 11.0. The van der Waals surface area contributed by atoms with Crippen LogP contribution in [-0.2, 0) is 0 Å². The average molecular weight is 251 g/mol. The lowest BCUT2D eigenvalue weighted by Gasteiger charge is -2.29. The summed E-state index contributed by atoms with van der Waals surface area (Å²) < 4.78 is 0. The summed E-state index contributed by atoms with van der Waals surface area (Å²) in [5, 5.41) is 3.38. The number of anilines is 1. The van der Waals surface area contributed by atoms with Crippen LogP contribution >= 0.6 is 12.2 Å². The van der Waals surface area contributed by atoms with Crippen LogP contribution in [0, 0.1) is 0 Å². The van der Waals surface area contributed by atoms with Crippen molar-refractivity contribution in [1.82, 2.24) is 14.9 Å². The van der Waals surface area contributed by atoms with E-state index in [4.69, 9.17) is 18.0 Å². The highest BCUT2D eigenvalue weighted by Gasteiger charge is 2.16. The molecule has 2 heterocycles. The van der Waals surface area contributed by atoms with Gasteiger partial charge in [0, 0.05) is 6.04 Å². The molecule has 6 heteroatoms. The number of hydrogen-bond acceptors (Lipinski definition) is 5. The van der Waals surface area contributed by atoms with Gasteiger partial charge < -0.3 is 16.0 Å². The Bertz CT molecular complexity index is 383. The van der Waals surface area contributed by atoms with E-state index in [0.29, 0.717) is 11.7 Å². The first-order valence-corrected chi connectivity index (χ1v) is 6.13. The molecule has 1 aliphatic heterocycles. The normalized spacial score (nSPS) is 17.9. The van der Waals surface area contributed by atoms with Crippen molar-refractivity contribution in [3.05, 3.63) is 18.1 Å². The molecule has 0 amide bonds. The monoisotopic (exact) mass is 251 g/mol. The molecule has 17 heavy (non-hydrogen) atoms. The number of thiocarbonyl (C=S) groups is 1. The van der Waals surface area contributed by atoms with E-state index < -0.39 is 0 Å². The summed E-state index contributed by atoms with van der Waals surface area (Å²) in [6, 6.07) is 0.483. The highest BCUT2D eigenvalue weighted by atomic mass is 32.1.